The third-order valence-corrected chi connectivity index (χ3v) is 5.97. The Morgan fingerprint density at radius 1 is 1.21 bits per heavy atom. The van der Waals surface area contributed by atoms with Crippen molar-refractivity contribution in [3.05, 3.63) is 59.2 Å². The van der Waals surface area contributed by atoms with Crippen LogP contribution in [0.15, 0.2) is 52.4 Å². The fourth-order valence-corrected chi connectivity index (χ4v) is 5.01. The molecule has 126 valence electrons. The average molecular weight is 343 g/mol. The van der Waals surface area contributed by atoms with Crippen LogP contribution in [0.3, 0.4) is 0 Å². The zero-order valence-corrected chi connectivity index (χ0v) is 14.6. The van der Waals surface area contributed by atoms with Crippen LogP contribution >= 0.6 is 0 Å². The first-order valence-electron chi connectivity index (χ1n) is 7.82. The summed E-state index contributed by atoms with van der Waals surface area (Å²) >= 11 is 0. The molecule has 1 aliphatic heterocycles. The smallest absolute Gasteiger partial charge is 0.193 e. The maximum Gasteiger partial charge on any atom is 0.193 e. The summed E-state index contributed by atoms with van der Waals surface area (Å²) in [5.41, 5.74) is 9.96. The molecule has 1 unspecified atom stereocenters. The third-order valence-electron chi connectivity index (χ3n) is 4.09. The zero-order valence-electron chi connectivity index (χ0n) is 13.8. The maximum atomic E-state index is 12.2. The van der Waals surface area contributed by atoms with E-state index in [2.05, 4.69) is 16.4 Å². The number of nitrogens with one attached hydrogen (secondary N) is 1. The van der Waals surface area contributed by atoms with E-state index in [0.717, 1.165) is 22.4 Å². The monoisotopic (exact) mass is 343 g/mol. The Bertz CT molecular complexity index is 884. The zero-order chi connectivity index (χ0) is 17.3. The lowest BCUT2D eigenvalue weighted by atomic mass is 10.0. The van der Waals surface area contributed by atoms with Crippen molar-refractivity contribution in [3.8, 4) is 0 Å². The molecule has 0 bridgehead atoms. The molecule has 0 saturated carbocycles. The summed E-state index contributed by atoms with van der Waals surface area (Å²) in [5, 5.41) is 3.07. The van der Waals surface area contributed by atoms with Gasteiger partial charge in [0.1, 0.15) is 0 Å². The fraction of sp³-hybridized carbons (Fsp3) is 0.278. The number of hydrogen-bond acceptors (Lipinski definition) is 3. The standard InChI is InChI=1S/C18H21N3O2S/c1-12-7-13(2)9-15(8-12)21-18(19)20-10-14-11-24(22,23)17-6-4-3-5-16(14)17/h3-9,14H,10-11H2,1-2H3,(H3,19,20,21). The Morgan fingerprint density at radius 3 is 2.58 bits per heavy atom. The molecule has 0 aromatic heterocycles. The number of aliphatic imine (C=N–C) groups is 1. The molecule has 3 rings (SSSR count). The van der Waals surface area contributed by atoms with Gasteiger partial charge in [0.15, 0.2) is 15.8 Å². The van der Waals surface area contributed by atoms with E-state index < -0.39 is 9.84 Å². The molecule has 0 aliphatic carbocycles. The van der Waals surface area contributed by atoms with Gasteiger partial charge in [-0.15, -0.1) is 0 Å². The number of rotatable bonds is 3. The van der Waals surface area contributed by atoms with Crippen LogP contribution in [0, 0.1) is 13.8 Å². The van der Waals surface area contributed by atoms with E-state index in [1.807, 2.05) is 38.1 Å². The molecule has 1 aliphatic rings. The second-order valence-corrected chi connectivity index (χ2v) is 8.25. The molecule has 1 atom stereocenters. The van der Waals surface area contributed by atoms with Crippen LogP contribution in [0.25, 0.3) is 0 Å². The van der Waals surface area contributed by atoms with E-state index in [0.29, 0.717) is 17.4 Å². The van der Waals surface area contributed by atoms with Crippen molar-refractivity contribution in [2.24, 2.45) is 10.7 Å². The summed E-state index contributed by atoms with van der Waals surface area (Å²) in [7, 11) is -3.20. The molecule has 5 nitrogen and oxygen atoms in total. The molecule has 2 aromatic carbocycles. The molecule has 6 heteroatoms. The first-order valence-corrected chi connectivity index (χ1v) is 9.47. The van der Waals surface area contributed by atoms with Crippen LogP contribution in [-0.2, 0) is 9.84 Å². The molecular weight excluding hydrogens is 322 g/mol. The van der Waals surface area contributed by atoms with Crippen LogP contribution in [-0.4, -0.2) is 26.7 Å². The minimum atomic E-state index is -3.20. The van der Waals surface area contributed by atoms with Crippen LogP contribution in [0.4, 0.5) is 5.69 Å². The lowest BCUT2D eigenvalue weighted by Gasteiger charge is -2.10. The van der Waals surface area contributed by atoms with Crippen LogP contribution in [0.1, 0.15) is 22.6 Å². The number of hydrogen-bond donors (Lipinski definition) is 2. The van der Waals surface area contributed by atoms with Gasteiger partial charge in [-0.25, -0.2) is 8.42 Å². The van der Waals surface area contributed by atoms with E-state index in [1.54, 1.807) is 12.1 Å². The first kappa shape index (κ1) is 16.5. The van der Waals surface area contributed by atoms with Gasteiger partial charge in [0, 0.05) is 11.6 Å². The lowest BCUT2D eigenvalue weighted by Crippen LogP contribution is -2.24. The lowest BCUT2D eigenvalue weighted by molar-refractivity contribution is 0.597. The SMILES string of the molecule is Cc1cc(C)cc(NC(N)=NCC2CS(=O)(=O)c3ccccc32)c1. The second kappa shape index (κ2) is 6.28. The highest BCUT2D eigenvalue weighted by Crippen LogP contribution is 2.34. The van der Waals surface area contributed by atoms with Crippen molar-refractivity contribution in [2.45, 2.75) is 24.7 Å². The average Bonchev–Trinajstić information content (AvgIpc) is 2.76. The molecule has 0 radical (unpaired) electrons. The first-order chi connectivity index (χ1) is 11.3. The Labute approximate surface area is 142 Å². The highest BCUT2D eigenvalue weighted by Gasteiger charge is 2.33. The number of nitrogens with two attached hydrogens (primary N) is 1. The van der Waals surface area contributed by atoms with Crippen molar-refractivity contribution in [2.75, 3.05) is 17.6 Å². The van der Waals surface area contributed by atoms with Gasteiger partial charge in [0.2, 0.25) is 0 Å². The van der Waals surface area contributed by atoms with Crippen LogP contribution < -0.4 is 11.1 Å². The summed E-state index contributed by atoms with van der Waals surface area (Å²) in [6, 6.07) is 13.2. The molecule has 0 amide bonds. The molecule has 3 N–H and O–H groups in total. The summed E-state index contributed by atoms with van der Waals surface area (Å²) in [4.78, 5) is 4.77. The van der Waals surface area contributed by atoms with Gasteiger partial charge in [0.25, 0.3) is 0 Å². The summed E-state index contributed by atoms with van der Waals surface area (Å²) in [5.74, 6) is 0.236. The van der Waals surface area contributed by atoms with Gasteiger partial charge in [-0.05, 0) is 48.7 Å². The number of fused-ring (bicyclic) bond motifs is 1. The van der Waals surface area contributed by atoms with Crippen molar-refractivity contribution in [1.82, 2.24) is 0 Å². The van der Waals surface area contributed by atoms with Crippen LogP contribution in [0.2, 0.25) is 0 Å². The van der Waals surface area contributed by atoms with Crippen molar-refractivity contribution < 1.29 is 8.42 Å². The topological polar surface area (TPSA) is 84.5 Å². The fourth-order valence-electron chi connectivity index (χ4n) is 3.14. The molecule has 0 spiro atoms. The number of benzene rings is 2. The molecule has 24 heavy (non-hydrogen) atoms. The summed E-state index contributed by atoms with van der Waals surface area (Å²) < 4.78 is 24.4. The Morgan fingerprint density at radius 2 is 1.88 bits per heavy atom. The molecule has 2 aromatic rings. The van der Waals surface area contributed by atoms with E-state index >= 15 is 0 Å². The highest BCUT2D eigenvalue weighted by atomic mass is 32.2. The summed E-state index contributed by atoms with van der Waals surface area (Å²) in [6.45, 7) is 4.39. The van der Waals surface area contributed by atoms with Gasteiger partial charge < -0.3 is 11.1 Å². The molecule has 0 fully saturated rings. The largest absolute Gasteiger partial charge is 0.370 e. The number of sulfone groups is 1. The number of aryl methyl sites for hydroxylation is 2. The Balaban J connectivity index is 1.74. The van der Waals surface area contributed by atoms with Crippen molar-refractivity contribution >= 4 is 21.5 Å². The van der Waals surface area contributed by atoms with E-state index in [4.69, 9.17) is 5.73 Å². The molecule has 1 heterocycles. The normalized spacial score (nSPS) is 19.1. The number of nitrogens with zero attached hydrogens (tertiary/aromatic N) is 1. The Kier molecular flexibility index (Phi) is 4.32. The minimum Gasteiger partial charge on any atom is -0.370 e. The van der Waals surface area contributed by atoms with Gasteiger partial charge in [-0.1, -0.05) is 24.3 Å². The van der Waals surface area contributed by atoms with Gasteiger partial charge in [-0.3, -0.25) is 4.99 Å². The Hall–Kier alpha value is -2.34. The molecular formula is C18H21N3O2S. The predicted molar refractivity (Wildman–Crippen MR) is 97.3 cm³/mol. The van der Waals surface area contributed by atoms with Gasteiger partial charge in [0.05, 0.1) is 17.2 Å². The highest BCUT2D eigenvalue weighted by molar-refractivity contribution is 7.91. The van der Waals surface area contributed by atoms with E-state index in [9.17, 15) is 8.42 Å². The predicted octanol–water partition coefficient (Wildman–Crippen LogP) is 2.60. The van der Waals surface area contributed by atoms with E-state index in [1.165, 1.54) is 0 Å². The van der Waals surface area contributed by atoms with Crippen LogP contribution in [0.5, 0.6) is 0 Å². The van der Waals surface area contributed by atoms with E-state index in [-0.39, 0.29) is 11.7 Å². The second-order valence-electron chi connectivity index (χ2n) is 6.24. The number of anilines is 1. The quantitative estimate of drug-likeness (QED) is 0.663. The van der Waals surface area contributed by atoms with Crippen molar-refractivity contribution in [3.63, 3.8) is 0 Å². The maximum absolute atomic E-state index is 12.2. The van der Waals surface area contributed by atoms with Gasteiger partial charge >= 0.3 is 0 Å². The summed E-state index contributed by atoms with van der Waals surface area (Å²) in [6.07, 6.45) is 0. The number of guanidine groups is 1. The minimum absolute atomic E-state index is 0.0900. The van der Waals surface area contributed by atoms with Crippen molar-refractivity contribution in [1.29, 1.82) is 0 Å². The van der Waals surface area contributed by atoms with Gasteiger partial charge in [-0.2, -0.15) is 0 Å². The molecule has 0 saturated heterocycles. The third kappa shape index (κ3) is 3.43.